The Hall–Kier alpha value is -1.40. The Labute approximate surface area is 271 Å². The summed E-state index contributed by atoms with van der Waals surface area (Å²) in [6.45, 7) is 4.26. The zero-order valence-electron chi connectivity index (χ0n) is 28.9. The molecule has 0 aromatic heterocycles. The fourth-order valence-corrected chi connectivity index (χ4v) is 5.68. The molecule has 0 bridgehead atoms. The maximum atomic E-state index is 11.9. The van der Waals surface area contributed by atoms with E-state index in [1.165, 1.54) is 109 Å². The van der Waals surface area contributed by atoms with Gasteiger partial charge in [0.15, 0.2) is 0 Å². The number of carbonyl (C=O) groups is 2. The van der Waals surface area contributed by atoms with E-state index < -0.39 is 6.10 Å². The van der Waals surface area contributed by atoms with E-state index in [-0.39, 0.29) is 25.2 Å². The van der Waals surface area contributed by atoms with Crippen LogP contribution in [-0.4, -0.2) is 48.6 Å². The van der Waals surface area contributed by atoms with E-state index in [1.54, 1.807) is 0 Å². The van der Waals surface area contributed by atoms with Crippen molar-refractivity contribution in [1.82, 2.24) is 0 Å². The highest BCUT2D eigenvalue weighted by Gasteiger charge is 2.36. The third-order valence-electron chi connectivity index (χ3n) is 8.67. The molecule has 44 heavy (non-hydrogen) atoms. The summed E-state index contributed by atoms with van der Waals surface area (Å²) in [5.74, 6) is -0.579. The largest absolute Gasteiger partial charge is 0.463 e. The maximum absolute atomic E-state index is 11.9. The number of unbranched alkanes of at least 4 members (excludes halogenated alkanes) is 20. The number of allylic oxidation sites excluding steroid dienone is 1. The van der Waals surface area contributed by atoms with Gasteiger partial charge in [0.25, 0.3) is 0 Å². The lowest BCUT2D eigenvalue weighted by Gasteiger charge is -2.12. The van der Waals surface area contributed by atoms with Crippen LogP contribution in [0.3, 0.4) is 0 Å². The Balaban J connectivity index is 1.81. The molecule has 1 saturated heterocycles. The number of rotatable bonds is 33. The van der Waals surface area contributed by atoms with Gasteiger partial charge in [0.1, 0.15) is 19.3 Å². The fourth-order valence-electron chi connectivity index (χ4n) is 5.68. The molecule has 0 radical (unpaired) electrons. The zero-order valence-corrected chi connectivity index (χ0v) is 28.9. The summed E-state index contributed by atoms with van der Waals surface area (Å²) in [4.78, 5) is 23.9. The molecule has 0 saturated carbocycles. The SMILES string of the molecule is CCCCCCCCCCCCCCCCC(=O)OC[C@@H](O)COC(=O)CCCCCCC/C=C\CC1OC1CCCCC. The summed E-state index contributed by atoms with van der Waals surface area (Å²) < 4.78 is 16.0. The Morgan fingerprint density at radius 1 is 0.591 bits per heavy atom. The molecule has 1 N–H and O–H groups in total. The number of esters is 2. The van der Waals surface area contributed by atoms with Crippen molar-refractivity contribution >= 4 is 11.9 Å². The number of aliphatic hydroxyl groups is 1. The van der Waals surface area contributed by atoms with Crippen LogP contribution in [0.2, 0.25) is 0 Å². The Bertz CT molecular complexity index is 693. The van der Waals surface area contributed by atoms with Crippen molar-refractivity contribution < 1.29 is 28.9 Å². The van der Waals surface area contributed by atoms with Gasteiger partial charge in [-0.15, -0.1) is 0 Å². The minimum Gasteiger partial charge on any atom is -0.463 e. The van der Waals surface area contributed by atoms with Gasteiger partial charge in [-0.05, 0) is 38.5 Å². The molecular formula is C38H70O6. The van der Waals surface area contributed by atoms with Crippen LogP contribution < -0.4 is 0 Å². The highest BCUT2D eigenvalue weighted by Crippen LogP contribution is 2.30. The van der Waals surface area contributed by atoms with Crippen LogP contribution in [-0.2, 0) is 23.8 Å². The van der Waals surface area contributed by atoms with Gasteiger partial charge in [-0.1, -0.05) is 148 Å². The summed E-state index contributed by atoms with van der Waals surface area (Å²) in [7, 11) is 0. The molecule has 0 aromatic rings. The quantitative estimate of drug-likeness (QED) is 0.0339. The van der Waals surface area contributed by atoms with Gasteiger partial charge in [-0.2, -0.15) is 0 Å². The van der Waals surface area contributed by atoms with Crippen LogP contribution in [0.5, 0.6) is 0 Å². The monoisotopic (exact) mass is 623 g/mol. The number of aliphatic hydroxyl groups excluding tert-OH is 1. The van der Waals surface area contributed by atoms with Crippen LogP contribution >= 0.6 is 0 Å². The van der Waals surface area contributed by atoms with Gasteiger partial charge in [-0.25, -0.2) is 0 Å². The first kappa shape index (κ1) is 40.6. The average molecular weight is 623 g/mol. The van der Waals surface area contributed by atoms with Crippen molar-refractivity contribution in [2.45, 2.75) is 206 Å². The lowest BCUT2D eigenvalue weighted by Crippen LogP contribution is -2.25. The molecule has 2 unspecified atom stereocenters. The van der Waals surface area contributed by atoms with Crippen LogP contribution in [0.4, 0.5) is 0 Å². The molecule has 0 amide bonds. The second-order valence-corrected chi connectivity index (χ2v) is 13.1. The highest BCUT2D eigenvalue weighted by molar-refractivity contribution is 5.69. The molecule has 1 aliphatic rings. The van der Waals surface area contributed by atoms with Crippen LogP contribution in [0.25, 0.3) is 0 Å². The molecule has 6 nitrogen and oxygen atoms in total. The second-order valence-electron chi connectivity index (χ2n) is 13.1. The minimum absolute atomic E-state index is 0.119. The molecule has 1 fully saturated rings. The van der Waals surface area contributed by atoms with Gasteiger partial charge in [-0.3, -0.25) is 9.59 Å². The number of carbonyl (C=O) groups excluding carboxylic acids is 2. The maximum Gasteiger partial charge on any atom is 0.305 e. The molecule has 1 rings (SSSR count). The van der Waals surface area contributed by atoms with Crippen molar-refractivity contribution in [2.75, 3.05) is 13.2 Å². The highest BCUT2D eigenvalue weighted by atomic mass is 16.6. The summed E-state index contributed by atoms with van der Waals surface area (Å²) in [6, 6.07) is 0. The molecule has 0 spiro atoms. The molecule has 3 atom stereocenters. The third-order valence-corrected chi connectivity index (χ3v) is 8.67. The van der Waals surface area contributed by atoms with Crippen LogP contribution in [0.1, 0.15) is 187 Å². The number of epoxide rings is 1. The van der Waals surface area contributed by atoms with Crippen molar-refractivity contribution in [3.63, 3.8) is 0 Å². The Morgan fingerprint density at radius 3 is 1.52 bits per heavy atom. The topological polar surface area (TPSA) is 85.4 Å². The summed E-state index contributed by atoms with van der Waals surface area (Å²) in [6.07, 6.45) is 35.7. The predicted molar refractivity (Wildman–Crippen MR) is 182 cm³/mol. The minimum atomic E-state index is -0.967. The molecular weight excluding hydrogens is 552 g/mol. The molecule has 1 heterocycles. The first-order valence-electron chi connectivity index (χ1n) is 18.9. The Morgan fingerprint density at radius 2 is 1.02 bits per heavy atom. The summed E-state index contributed by atoms with van der Waals surface area (Å²) >= 11 is 0. The van der Waals surface area contributed by atoms with Gasteiger partial charge < -0.3 is 19.3 Å². The normalized spacial score (nSPS) is 16.8. The van der Waals surface area contributed by atoms with Crippen molar-refractivity contribution in [3.8, 4) is 0 Å². The third kappa shape index (κ3) is 27.0. The van der Waals surface area contributed by atoms with Gasteiger partial charge >= 0.3 is 11.9 Å². The summed E-state index contributed by atoms with van der Waals surface area (Å²) in [5.41, 5.74) is 0. The van der Waals surface area contributed by atoms with Crippen LogP contribution in [0, 0.1) is 0 Å². The predicted octanol–water partition coefficient (Wildman–Crippen LogP) is 10.3. The standard InChI is InChI=1S/C38H70O6/c1-3-5-7-8-9-10-11-12-13-14-15-19-22-26-30-37(40)42-32-34(39)33-43-38(41)31-27-23-20-17-16-18-21-25-29-36-35(44-36)28-24-6-4-2/h21,25,34-36,39H,3-20,22-24,26-33H2,1-2H3/b25-21-/t34-,35?,36?/m1/s1. The fraction of sp³-hybridized carbons (Fsp3) is 0.895. The van der Waals surface area contributed by atoms with Gasteiger partial charge in [0, 0.05) is 12.8 Å². The van der Waals surface area contributed by atoms with Gasteiger partial charge in [0.05, 0.1) is 12.2 Å². The average Bonchev–Trinajstić information content (AvgIpc) is 3.77. The first-order valence-corrected chi connectivity index (χ1v) is 18.9. The Kier molecular flexibility index (Phi) is 27.9. The lowest BCUT2D eigenvalue weighted by atomic mass is 10.0. The van der Waals surface area contributed by atoms with E-state index in [4.69, 9.17) is 14.2 Å². The van der Waals surface area contributed by atoms with E-state index in [2.05, 4.69) is 26.0 Å². The zero-order chi connectivity index (χ0) is 31.9. The molecule has 6 heteroatoms. The lowest BCUT2D eigenvalue weighted by molar-refractivity contribution is -0.152. The summed E-state index contributed by atoms with van der Waals surface area (Å²) in [5, 5.41) is 10.00. The molecule has 258 valence electrons. The van der Waals surface area contributed by atoms with E-state index in [0.29, 0.717) is 25.0 Å². The van der Waals surface area contributed by atoms with Crippen molar-refractivity contribution in [2.24, 2.45) is 0 Å². The van der Waals surface area contributed by atoms with Crippen molar-refractivity contribution in [3.05, 3.63) is 12.2 Å². The van der Waals surface area contributed by atoms with E-state index in [1.807, 2.05) is 0 Å². The number of ether oxygens (including phenoxy) is 3. The van der Waals surface area contributed by atoms with Crippen molar-refractivity contribution in [1.29, 1.82) is 0 Å². The molecule has 0 aromatic carbocycles. The number of hydrogen-bond donors (Lipinski definition) is 1. The second kappa shape index (κ2) is 30.3. The molecule has 0 aliphatic carbocycles. The van der Waals surface area contributed by atoms with E-state index >= 15 is 0 Å². The molecule has 1 aliphatic heterocycles. The smallest absolute Gasteiger partial charge is 0.305 e. The van der Waals surface area contributed by atoms with Crippen LogP contribution in [0.15, 0.2) is 12.2 Å². The van der Waals surface area contributed by atoms with E-state index in [9.17, 15) is 14.7 Å². The van der Waals surface area contributed by atoms with E-state index in [0.717, 1.165) is 51.4 Å². The van der Waals surface area contributed by atoms with Gasteiger partial charge in [0.2, 0.25) is 0 Å². The number of hydrogen-bond acceptors (Lipinski definition) is 6. The first-order chi connectivity index (χ1) is 21.6.